The number of nitrogens with one attached hydrogen (secondary N) is 1. The van der Waals surface area contributed by atoms with Gasteiger partial charge in [-0.1, -0.05) is 30.3 Å². The van der Waals surface area contributed by atoms with Gasteiger partial charge in [-0.3, -0.25) is 0 Å². The summed E-state index contributed by atoms with van der Waals surface area (Å²) in [4.78, 5) is 0.190. The number of ether oxygens (including phenoxy) is 1. The first-order chi connectivity index (χ1) is 13.6. The van der Waals surface area contributed by atoms with Crippen molar-refractivity contribution in [2.24, 2.45) is 0 Å². The van der Waals surface area contributed by atoms with Crippen molar-refractivity contribution in [1.29, 1.82) is 0 Å². The molecule has 0 aliphatic rings. The lowest BCUT2D eigenvalue weighted by Gasteiger charge is -2.09. The number of methoxy groups -OCH3 is 1. The van der Waals surface area contributed by atoms with E-state index in [2.05, 4.69) is 20.2 Å². The molecule has 0 radical (unpaired) electrons. The summed E-state index contributed by atoms with van der Waals surface area (Å²) in [6.45, 7) is -0.0474. The van der Waals surface area contributed by atoms with Gasteiger partial charge in [-0.25, -0.2) is 13.1 Å². The van der Waals surface area contributed by atoms with Gasteiger partial charge in [0.2, 0.25) is 10.0 Å². The number of aromatic nitrogens is 4. The average molecular weight is 395 g/mol. The number of rotatable bonds is 6. The second-order valence-electron chi connectivity index (χ2n) is 6.04. The number of nitrogens with zero attached hydrogens (tertiary/aromatic N) is 4. The van der Waals surface area contributed by atoms with E-state index in [1.807, 2.05) is 24.3 Å². The Kier molecular flexibility index (Phi) is 4.76. The van der Waals surface area contributed by atoms with Crippen LogP contribution in [0.15, 0.2) is 71.6 Å². The highest BCUT2D eigenvalue weighted by Gasteiger charge is 2.17. The second kappa shape index (κ2) is 7.37. The van der Waals surface area contributed by atoms with Crippen LogP contribution in [0.1, 0.15) is 5.82 Å². The van der Waals surface area contributed by atoms with E-state index in [0.717, 1.165) is 10.8 Å². The van der Waals surface area contributed by atoms with Crippen LogP contribution < -0.4 is 9.46 Å². The Balaban J connectivity index is 1.56. The van der Waals surface area contributed by atoms with Crippen molar-refractivity contribution in [2.45, 2.75) is 11.4 Å². The summed E-state index contributed by atoms with van der Waals surface area (Å²) < 4.78 is 34.6. The SMILES string of the molecule is COc1ccc(-n2nnnc2CNS(=O)(=O)c2ccc3ccccc3c2)cc1. The smallest absolute Gasteiger partial charge is 0.240 e. The molecule has 0 aliphatic carbocycles. The van der Waals surface area contributed by atoms with E-state index in [-0.39, 0.29) is 11.4 Å². The topological polar surface area (TPSA) is 99.0 Å². The van der Waals surface area contributed by atoms with Gasteiger partial charge in [0, 0.05) is 0 Å². The Morgan fingerprint density at radius 2 is 1.75 bits per heavy atom. The molecular formula is C19H17N5O3S. The summed E-state index contributed by atoms with van der Waals surface area (Å²) in [6, 6.07) is 19.7. The van der Waals surface area contributed by atoms with E-state index < -0.39 is 10.0 Å². The van der Waals surface area contributed by atoms with Crippen molar-refractivity contribution >= 4 is 20.8 Å². The predicted octanol–water partition coefficient (Wildman–Crippen LogP) is 2.30. The molecule has 4 aromatic rings. The third-order valence-corrected chi connectivity index (χ3v) is 5.70. The van der Waals surface area contributed by atoms with Crippen LogP contribution in [0, 0.1) is 0 Å². The normalized spacial score (nSPS) is 11.6. The van der Waals surface area contributed by atoms with Crippen LogP contribution in [0.2, 0.25) is 0 Å². The zero-order valence-corrected chi connectivity index (χ0v) is 15.8. The molecule has 0 amide bonds. The average Bonchev–Trinajstić information content (AvgIpc) is 3.21. The molecule has 3 aromatic carbocycles. The molecular weight excluding hydrogens is 378 g/mol. The fourth-order valence-corrected chi connectivity index (χ4v) is 3.83. The molecule has 0 bridgehead atoms. The van der Waals surface area contributed by atoms with Crippen LogP contribution in [0.4, 0.5) is 0 Å². The highest BCUT2D eigenvalue weighted by molar-refractivity contribution is 7.89. The molecule has 28 heavy (non-hydrogen) atoms. The molecule has 0 spiro atoms. The highest BCUT2D eigenvalue weighted by atomic mass is 32.2. The van der Waals surface area contributed by atoms with Gasteiger partial charge in [-0.05, 0) is 57.6 Å². The number of hydrogen-bond acceptors (Lipinski definition) is 6. The summed E-state index contributed by atoms with van der Waals surface area (Å²) in [5.74, 6) is 1.07. The third kappa shape index (κ3) is 3.57. The highest BCUT2D eigenvalue weighted by Crippen LogP contribution is 2.19. The van der Waals surface area contributed by atoms with Crippen molar-refractivity contribution in [2.75, 3.05) is 7.11 Å². The Morgan fingerprint density at radius 3 is 2.50 bits per heavy atom. The molecule has 4 rings (SSSR count). The summed E-state index contributed by atoms with van der Waals surface area (Å²) in [5.41, 5.74) is 0.700. The monoisotopic (exact) mass is 395 g/mol. The van der Waals surface area contributed by atoms with Gasteiger partial charge in [0.05, 0.1) is 24.2 Å². The van der Waals surface area contributed by atoms with Crippen LogP contribution >= 0.6 is 0 Å². The van der Waals surface area contributed by atoms with Crippen LogP contribution in [0.5, 0.6) is 5.75 Å². The summed E-state index contributed by atoms with van der Waals surface area (Å²) >= 11 is 0. The Bertz CT molecular complexity index is 1220. The van der Waals surface area contributed by atoms with Crippen molar-refractivity contribution < 1.29 is 13.2 Å². The molecule has 1 heterocycles. The van der Waals surface area contributed by atoms with Gasteiger partial charge in [0.1, 0.15) is 5.75 Å². The number of sulfonamides is 1. The van der Waals surface area contributed by atoms with Crippen LogP contribution in [0.3, 0.4) is 0 Å². The minimum Gasteiger partial charge on any atom is -0.497 e. The molecule has 0 saturated heterocycles. The zero-order valence-electron chi connectivity index (χ0n) is 15.0. The van der Waals surface area contributed by atoms with Crippen molar-refractivity contribution in [3.05, 3.63) is 72.6 Å². The summed E-state index contributed by atoms with van der Waals surface area (Å²) in [6.07, 6.45) is 0. The van der Waals surface area contributed by atoms with Crippen LogP contribution in [0.25, 0.3) is 16.5 Å². The molecule has 1 aromatic heterocycles. The van der Waals surface area contributed by atoms with E-state index in [9.17, 15) is 8.42 Å². The maximum absolute atomic E-state index is 12.7. The van der Waals surface area contributed by atoms with Crippen molar-refractivity contribution in [3.8, 4) is 11.4 Å². The Hall–Kier alpha value is -3.30. The van der Waals surface area contributed by atoms with E-state index in [1.165, 1.54) is 4.68 Å². The molecule has 0 atom stereocenters. The standard InChI is InChI=1S/C19H17N5O3S/c1-27-17-9-7-16(8-10-17)24-19(21-22-23-24)13-20-28(25,26)18-11-6-14-4-2-3-5-15(14)12-18/h2-12,20H,13H2,1H3. The van der Waals surface area contributed by atoms with E-state index >= 15 is 0 Å². The Labute approximate surface area is 161 Å². The summed E-state index contributed by atoms with van der Waals surface area (Å²) in [5, 5.41) is 13.3. The van der Waals surface area contributed by atoms with Crippen LogP contribution in [-0.2, 0) is 16.6 Å². The molecule has 142 valence electrons. The lowest BCUT2D eigenvalue weighted by Crippen LogP contribution is -2.25. The molecule has 9 heteroatoms. The second-order valence-corrected chi connectivity index (χ2v) is 7.81. The molecule has 0 saturated carbocycles. The fraction of sp³-hybridized carbons (Fsp3) is 0.105. The fourth-order valence-electron chi connectivity index (χ4n) is 2.82. The number of benzene rings is 3. The predicted molar refractivity (Wildman–Crippen MR) is 104 cm³/mol. The van der Waals surface area contributed by atoms with Crippen molar-refractivity contribution in [1.82, 2.24) is 24.9 Å². The number of hydrogen-bond donors (Lipinski definition) is 1. The maximum Gasteiger partial charge on any atom is 0.240 e. The van der Waals surface area contributed by atoms with Gasteiger partial charge < -0.3 is 4.74 Å². The number of fused-ring (bicyclic) bond motifs is 1. The minimum absolute atomic E-state index is 0.0474. The molecule has 8 nitrogen and oxygen atoms in total. The molecule has 0 unspecified atom stereocenters. The minimum atomic E-state index is -3.72. The lowest BCUT2D eigenvalue weighted by molar-refractivity contribution is 0.414. The largest absolute Gasteiger partial charge is 0.497 e. The quantitative estimate of drug-likeness (QED) is 0.538. The lowest BCUT2D eigenvalue weighted by atomic mass is 10.1. The van der Waals surface area contributed by atoms with Gasteiger partial charge >= 0.3 is 0 Å². The zero-order chi connectivity index (χ0) is 19.6. The van der Waals surface area contributed by atoms with Gasteiger partial charge in [0.25, 0.3) is 0 Å². The van der Waals surface area contributed by atoms with Gasteiger partial charge in [0.15, 0.2) is 5.82 Å². The first-order valence-electron chi connectivity index (χ1n) is 8.47. The van der Waals surface area contributed by atoms with Gasteiger partial charge in [-0.2, -0.15) is 4.68 Å². The molecule has 1 N–H and O–H groups in total. The molecule has 0 fully saturated rings. The van der Waals surface area contributed by atoms with Crippen molar-refractivity contribution in [3.63, 3.8) is 0 Å². The third-order valence-electron chi connectivity index (χ3n) is 4.30. The maximum atomic E-state index is 12.7. The first kappa shape index (κ1) is 18.1. The van der Waals surface area contributed by atoms with Crippen LogP contribution in [-0.4, -0.2) is 35.7 Å². The Morgan fingerprint density at radius 1 is 1.00 bits per heavy atom. The molecule has 0 aliphatic heterocycles. The van der Waals surface area contributed by atoms with Gasteiger partial charge in [-0.15, -0.1) is 5.10 Å². The van der Waals surface area contributed by atoms with E-state index in [0.29, 0.717) is 17.3 Å². The van der Waals surface area contributed by atoms with E-state index in [4.69, 9.17) is 4.74 Å². The first-order valence-corrected chi connectivity index (χ1v) is 9.95. The van der Waals surface area contributed by atoms with E-state index in [1.54, 1.807) is 49.6 Å². The number of tetrazole rings is 1. The summed E-state index contributed by atoms with van der Waals surface area (Å²) in [7, 11) is -2.13.